The summed E-state index contributed by atoms with van der Waals surface area (Å²) in [5.74, 6) is 0. The second-order valence-corrected chi connectivity index (χ2v) is 7.13. The highest BCUT2D eigenvalue weighted by Crippen LogP contribution is 2.31. The molecule has 1 fully saturated rings. The molecule has 2 heteroatoms. The molecular weight excluding hydrogens is 262 g/mol. The molecule has 0 saturated heterocycles. The lowest BCUT2D eigenvalue weighted by Crippen LogP contribution is -2.31. The van der Waals surface area contributed by atoms with Crippen LogP contribution in [0, 0.1) is 0 Å². The van der Waals surface area contributed by atoms with Gasteiger partial charge in [0.2, 0.25) is 0 Å². The number of unbranched alkanes of at least 4 members (excludes halogenated alkanes) is 2. The van der Waals surface area contributed by atoms with Crippen molar-refractivity contribution in [3.63, 3.8) is 0 Å². The third-order valence-electron chi connectivity index (χ3n) is 4.45. The number of thioether (sulfide) groups is 1. The van der Waals surface area contributed by atoms with Gasteiger partial charge in [0, 0.05) is 17.3 Å². The summed E-state index contributed by atoms with van der Waals surface area (Å²) in [4.78, 5) is 0. The molecule has 0 spiro atoms. The highest BCUT2D eigenvalue weighted by Gasteiger charge is 2.26. The summed E-state index contributed by atoms with van der Waals surface area (Å²) in [5, 5.41) is 4.82. The predicted molar refractivity (Wildman–Crippen MR) is 91.4 cm³/mol. The Hall–Kier alpha value is -0.470. The van der Waals surface area contributed by atoms with Crippen molar-refractivity contribution >= 4 is 11.8 Å². The van der Waals surface area contributed by atoms with Crippen molar-refractivity contribution in [2.24, 2.45) is 0 Å². The Bertz CT molecular complexity index is 365. The van der Waals surface area contributed by atoms with Gasteiger partial charge in [0.05, 0.1) is 0 Å². The molecule has 1 aliphatic carbocycles. The zero-order valence-electron chi connectivity index (χ0n) is 13.0. The summed E-state index contributed by atoms with van der Waals surface area (Å²) in [6.07, 6.45) is 11.6. The lowest BCUT2D eigenvalue weighted by molar-refractivity contribution is 0.408. The Morgan fingerprint density at radius 3 is 2.65 bits per heavy atom. The summed E-state index contributed by atoms with van der Waals surface area (Å²) in [7, 11) is 0. The van der Waals surface area contributed by atoms with Crippen LogP contribution in [0.3, 0.4) is 0 Å². The summed E-state index contributed by atoms with van der Waals surface area (Å²) in [5.41, 5.74) is 1.47. The fourth-order valence-electron chi connectivity index (χ4n) is 3.22. The van der Waals surface area contributed by atoms with Crippen molar-refractivity contribution in [2.45, 2.75) is 69.2 Å². The maximum absolute atomic E-state index is 3.94. The first-order chi connectivity index (χ1) is 9.83. The van der Waals surface area contributed by atoms with E-state index in [0.717, 1.165) is 11.3 Å². The van der Waals surface area contributed by atoms with Gasteiger partial charge in [-0.25, -0.2) is 0 Å². The van der Waals surface area contributed by atoms with E-state index in [1.165, 1.54) is 50.5 Å². The van der Waals surface area contributed by atoms with Crippen LogP contribution in [0.15, 0.2) is 30.3 Å². The molecule has 1 nitrogen and oxygen atoms in total. The Kier molecular flexibility index (Phi) is 6.95. The molecule has 1 aliphatic rings. The Balaban J connectivity index is 1.92. The number of nitrogens with one attached hydrogen (secondary N) is 1. The van der Waals surface area contributed by atoms with Gasteiger partial charge >= 0.3 is 0 Å². The largest absolute Gasteiger partial charge is 0.307 e. The van der Waals surface area contributed by atoms with Crippen molar-refractivity contribution in [2.75, 3.05) is 6.26 Å². The van der Waals surface area contributed by atoms with Crippen LogP contribution in [0.25, 0.3) is 0 Å². The molecule has 0 aliphatic heterocycles. The van der Waals surface area contributed by atoms with E-state index in [1.807, 2.05) is 11.8 Å². The van der Waals surface area contributed by atoms with Gasteiger partial charge in [-0.1, -0.05) is 56.5 Å². The standard InChI is InChI=1S/C18H29NS/c1-3-4-6-11-18(15-9-7-5-8-10-15)19-16-12-13-17(14-16)20-2/h5,7-10,16-19H,3-4,6,11-14H2,1-2H3. The highest BCUT2D eigenvalue weighted by atomic mass is 32.2. The minimum atomic E-state index is 0.549. The fraction of sp³-hybridized carbons (Fsp3) is 0.667. The van der Waals surface area contributed by atoms with E-state index in [2.05, 4.69) is 48.8 Å². The smallest absolute Gasteiger partial charge is 0.0322 e. The highest BCUT2D eigenvalue weighted by molar-refractivity contribution is 7.99. The van der Waals surface area contributed by atoms with E-state index >= 15 is 0 Å². The lowest BCUT2D eigenvalue weighted by Gasteiger charge is -2.24. The van der Waals surface area contributed by atoms with Gasteiger partial charge in [-0.2, -0.15) is 11.8 Å². The first-order valence-electron chi connectivity index (χ1n) is 8.17. The molecule has 112 valence electrons. The number of hydrogen-bond donors (Lipinski definition) is 1. The maximum Gasteiger partial charge on any atom is 0.0322 e. The fourth-order valence-corrected chi connectivity index (χ4v) is 4.02. The monoisotopic (exact) mass is 291 g/mol. The first kappa shape index (κ1) is 15.9. The summed E-state index contributed by atoms with van der Waals surface area (Å²) < 4.78 is 0. The van der Waals surface area contributed by atoms with Crippen LogP contribution in [0.1, 0.15) is 63.5 Å². The zero-order valence-corrected chi connectivity index (χ0v) is 13.8. The zero-order chi connectivity index (χ0) is 14.2. The van der Waals surface area contributed by atoms with Crippen LogP contribution in [0.2, 0.25) is 0 Å². The van der Waals surface area contributed by atoms with Crippen molar-refractivity contribution in [3.05, 3.63) is 35.9 Å². The normalized spacial score (nSPS) is 23.9. The molecule has 1 N–H and O–H groups in total. The van der Waals surface area contributed by atoms with Crippen LogP contribution in [-0.4, -0.2) is 17.5 Å². The van der Waals surface area contributed by atoms with Crippen molar-refractivity contribution in [1.82, 2.24) is 5.32 Å². The first-order valence-corrected chi connectivity index (χ1v) is 9.46. The molecule has 0 bridgehead atoms. The number of hydrogen-bond acceptors (Lipinski definition) is 2. The van der Waals surface area contributed by atoms with Gasteiger partial charge in [0.15, 0.2) is 0 Å². The number of rotatable bonds is 8. The van der Waals surface area contributed by atoms with Gasteiger partial charge < -0.3 is 5.32 Å². The lowest BCUT2D eigenvalue weighted by atomic mass is 9.99. The van der Waals surface area contributed by atoms with Crippen LogP contribution in [0.5, 0.6) is 0 Å². The number of benzene rings is 1. The van der Waals surface area contributed by atoms with E-state index in [4.69, 9.17) is 0 Å². The molecule has 1 aromatic rings. The minimum Gasteiger partial charge on any atom is -0.307 e. The molecule has 0 amide bonds. The van der Waals surface area contributed by atoms with Crippen LogP contribution < -0.4 is 5.32 Å². The molecular formula is C18H29NS. The van der Waals surface area contributed by atoms with Crippen LogP contribution in [-0.2, 0) is 0 Å². The second-order valence-electron chi connectivity index (χ2n) is 5.99. The maximum atomic E-state index is 3.94. The van der Waals surface area contributed by atoms with Gasteiger partial charge in [0.1, 0.15) is 0 Å². The molecule has 0 heterocycles. The minimum absolute atomic E-state index is 0.549. The van der Waals surface area contributed by atoms with Crippen LogP contribution >= 0.6 is 11.8 Å². The molecule has 2 rings (SSSR count). The molecule has 3 unspecified atom stereocenters. The summed E-state index contributed by atoms with van der Waals surface area (Å²) >= 11 is 2.04. The van der Waals surface area contributed by atoms with E-state index in [0.29, 0.717) is 6.04 Å². The third kappa shape index (κ3) is 4.82. The predicted octanol–water partition coefficient (Wildman–Crippen LogP) is 5.18. The topological polar surface area (TPSA) is 12.0 Å². The molecule has 1 saturated carbocycles. The average Bonchev–Trinajstić information content (AvgIpc) is 2.95. The summed E-state index contributed by atoms with van der Waals surface area (Å²) in [6.45, 7) is 2.28. The van der Waals surface area contributed by atoms with Gasteiger partial charge in [-0.3, -0.25) is 0 Å². The van der Waals surface area contributed by atoms with E-state index in [-0.39, 0.29) is 0 Å². The van der Waals surface area contributed by atoms with Gasteiger partial charge in [-0.05, 0) is 37.5 Å². The quantitative estimate of drug-likeness (QED) is 0.662. The van der Waals surface area contributed by atoms with Gasteiger partial charge in [-0.15, -0.1) is 0 Å². The van der Waals surface area contributed by atoms with Gasteiger partial charge in [0.25, 0.3) is 0 Å². The van der Waals surface area contributed by atoms with Crippen molar-refractivity contribution in [1.29, 1.82) is 0 Å². The third-order valence-corrected chi connectivity index (χ3v) is 5.55. The van der Waals surface area contributed by atoms with Crippen molar-refractivity contribution < 1.29 is 0 Å². The molecule has 3 atom stereocenters. The van der Waals surface area contributed by atoms with Crippen LogP contribution in [0.4, 0.5) is 0 Å². The Morgan fingerprint density at radius 1 is 1.20 bits per heavy atom. The van der Waals surface area contributed by atoms with E-state index in [9.17, 15) is 0 Å². The molecule has 0 radical (unpaired) electrons. The molecule has 20 heavy (non-hydrogen) atoms. The van der Waals surface area contributed by atoms with Crippen molar-refractivity contribution in [3.8, 4) is 0 Å². The molecule has 1 aromatic carbocycles. The Morgan fingerprint density at radius 2 is 2.00 bits per heavy atom. The van der Waals surface area contributed by atoms with E-state index < -0.39 is 0 Å². The second kappa shape index (κ2) is 8.74. The molecule has 0 aromatic heterocycles. The summed E-state index contributed by atoms with van der Waals surface area (Å²) in [6, 6.07) is 12.3. The average molecular weight is 292 g/mol. The Labute approximate surface area is 128 Å². The van der Waals surface area contributed by atoms with E-state index in [1.54, 1.807) is 0 Å². The SMILES string of the molecule is CCCCCC(NC1CCC(SC)C1)c1ccccc1.